The van der Waals surface area contributed by atoms with E-state index in [-0.39, 0.29) is 24.1 Å². The van der Waals surface area contributed by atoms with Gasteiger partial charge in [0.15, 0.2) is 0 Å². The minimum Gasteiger partial charge on any atom is -0.393 e. The summed E-state index contributed by atoms with van der Waals surface area (Å²) in [6.45, 7) is 10.4. The number of nitrogens with one attached hydrogen (secondary N) is 2. The average Bonchev–Trinajstić information content (AvgIpc) is 3.74. The molecule has 1 unspecified atom stereocenters. The van der Waals surface area contributed by atoms with Crippen molar-refractivity contribution in [1.82, 2.24) is 38.8 Å². The van der Waals surface area contributed by atoms with Gasteiger partial charge in [0.25, 0.3) is 0 Å². The quantitative estimate of drug-likeness (QED) is 0.101. The monoisotopic (exact) mass is 807 g/mol. The first-order chi connectivity index (χ1) is 28.7. The van der Waals surface area contributed by atoms with E-state index in [0.29, 0.717) is 31.6 Å². The average molecular weight is 808 g/mol. The number of aryl methyl sites for hydroxylation is 2. The first-order valence-corrected chi connectivity index (χ1v) is 21.8. The molecule has 316 valence electrons. The zero-order chi connectivity index (χ0) is 40.9. The van der Waals surface area contributed by atoms with Crippen LogP contribution in [0.25, 0.3) is 33.2 Å². The number of aliphatic hydroxyl groups is 2. The third-order valence-corrected chi connectivity index (χ3v) is 12.7. The van der Waals surface area contributed by atoms with E-state index in [9.17, 15) is 19.8 Å². The highest BCUT2D eigenvalue weighted by atomic mass is 16.5. The number of piperazine rings is 1. The van der Waals surface area contributed by atoms with Crippen LogP contribution in [-0.4, -0.2) is 114 Å². The van der Waals surface area contributed by atoms with Gasteiger partial charge in [0.05, 0.1) is 29.8 Å². The van der Waals surface area contributed by atoms with Crippen LogP contribution in [0, 0.1) is 0 Å². The molecule has 2 aromatic carbocycles. The van der Waals surface area contributed by atoms with Gasteiger partial charge in [-0.25, -0.2) is 9.78 Å². The highest BCUT2D eigenvalue weighted by Gasteiger charge is 2.31. The van der Waals surface area contributed by atoms with Gasteiger partial charge in [0.2, 0.25) is 11.9 Å². The number of piperidine rings is 1. The van der Waals surface area contributed by atoms with Gasteiger partial charge >= 0.3 is 5.69 Å². The molecule has 0 bridgehead atoms. The number of amides is 1. The first kappa shape index (κ1) is 41.1. The number of nitrogens with zero attached hydrogens (tertiary/aromatic N) is 7. The van der Waals surface area contributed by atoms with Crippen LogP contribution in [0.2, 0.25) is 0 Å². The Labute approximate surface area is 346 Å². The van der Waals surface area contributed by atoms with E-state index in [2.05, 4.69) is 68.5 Å². The number of fused-ring (bicyclic) bond motifs is 2. The van der Waals surface area contributed by atoms with Crippen molar-refractivity contribution in [3.8, 4) is 11.1 Å². The van der Waals surface area contributed by atoms with Crippen LogP contribution in [0.4, 0.5) is 5.95 Å². The molecule has 2 saturated heterocycles. The van der Waals surface area contributed by atoms with Gasteiger partial charge in [0, 0.05) is 95.3 Å². The van der Waals surface area contributed by atoms with Gasteiger partial charge in [0.1, 0.15) is 11.9 Å². The number of unbranched alkanes of at least 4 members (excludes halogenated alkanes) is 1. The molecule has 0 radical (unpaired) electrons. The second-order valence-corrected chi connectivity index (χ2v) is 16.8. The van der Waals surface area contributed by atoms with Crippen molar-refractivity contribution in [2.75, 3.05) is 57.8 Å². The number of carbonyl (C=O) groups excluding carboxylic acids is 1. The highest BCUT2D eigenvalue weighted by Crippen LogP contribution is 2.37. The Morgan fingerprint density at radius 3 is 2.42 bits per heavy atom. The number of imidazole rings is 1. The summed E-state index contributed by atoms with van der Waals surface area (Å²) in [5.41, 5.74) is 7.15. The number of hydrogen-bond acceptors (Lipinski definition) is 10. The van der Waals surface area contributed by atoms with Crippen molar-refractivity contribution in [2.45, 2.75) is 102 Å². The molecule has 5 aromatic rings. The summed E-state index contributed by atoms with van der Waals surface area (Å²) < 4.78 is 11.6. The Morgan fingerprint density at radius 1 is 0.898 bits per heavy atom. The SMILES string of the molecule is CCCCNc1ncc2c(-c3ccc(CN4CCN(CCOCCCc5ccc6c(c5)n(C)c(=O)n6[C@H]5CCC(=O)NC5O)CC4)cc3)cn(C3CCC(O)CC3)c2n1. The van der Waals surface area contributed by atoms with Crippen molar-refractivity contribution in [3.05, 3.63) is 76.5 Å². The van der Waals surface area contributed by atoms with E-state index in [4.69, 9.17) is 14.7 Å². The van der Waals surface area contributed by atoms with Crippen LogP contribution in [0.15, 0.2) is 59.7 Å². The Kier molecular flexibility index (Phi) is 13.1. The molecule has 2 aliphatic heterocycles. The molecule has 0 spiro atoms. The van der Waals surface area contributed by atoms with Crippen LogP contribution in [0.1, 0.15) is 87.9 Å². The molecule has 1 saturated carbocycles. The molecule has 3 aromatic heterocycles. The molecule has 14 heteroatoms. The van der Waals surface area contributed by atoms with Gasteiger partial charge in [-0.1, -0.05) is 43.7 Å². The molecule has 1 aliphatic carbocycles. The lowest BCUT2D eigenvalue weighted by molar-refractivity contribution is -0.128. The van der Waals surface area contributed by atoms with E-state index < -0.39 is 12.3 Å². The standard InChI is InChI=1S/C45H61N9O5/c1-3-4-19-46-44-47-28-36-37(30-53(42(36)49-44)34-12-14-35(55)15-13-34)33-10-7-32(8-11-33)29-52-22-20-51(21-23-52)24-26-59-25-5-6-31-9-16-38-40(27-31)50(2)45(58)54(38)39-17-18-41(56)48-43(39)57/h7-11,16,27-28,30,34-35,39,43,55,57H,3-6,12-15,17-26,29H2,1-2H3,(H,48,56)(H,46,47,49)/t34?,35?,39-,43?/m0/s1. The van der Waals surface area contributed by atoms with Crippen LogP contribution in [0.5, 0.6) is 0 Å². The second-order valence-electron chi connectivity index (χ2n) is 16.8. The number of carbonyl (C=O) groups is 1. The zero-order valence-electron chi connectivity index (χ0n) is 34.7. The number of ether oxygens (including phenoxy) is 1. The third kappa shape index (κ3) is 9.42. The van der Waals surface area contributed by atoms with E-state index in [0.717, 1.165) is 130 Å². The number of hydrogen-bond donors (Lipinski definition) is 4. The Balaban J connectivity index is 0.784. The van der Waals surface area contributed by atoms with Gasteiger partial charge in [-0.05, 0) is 80.2 Å². The van der Waals surface area contributed by atoms with Gasteiger partial charge in [-0.3, -0.25) is 23.7 Å². The number of benzene rings is 2. The maximum atomic E-state index is 13.1. The van der Waals surface area contributed by atoms with Gasteiger partial charge in [-0.15, -0.1) is 0 Å². The molecule has 14 nitrogen and oxygen atoms in total. The predicted molar refractivity (Wildman–Crippen MR) is 230 cm³/mol. The maximum Gasteiger partial charge on any atom is 0.329 e. The lowest BCUT2D eigenvalue weighted by Gasteiger charge is -2.34. The minimum atomic E-state index is -1.08. The second kappa shape index (κ2) is 18.8. The number of aromatic nitrogens is 5. The van der Waals surface area contributed by atoms with Gasteiger partial charge < -0.3 is 30.2 Å². The maximum absolute atomic E-state index is 13.1. The fraction of sp³-hybridized carbons (Fsp3) is 0.556. The van der Waals surface area contributed by atoms with Crippen molar-refractivity contribution >= 4 is 33.9 Å². The number of rotatable bonds is 16. The van der Waals surface area contributed by atoms with Crippen LogP contribution < -0.4 is 16.3 Å². The molecule has 1 amide bonds. The van der Waals surface area contributed by atoms with Crippen molar-refractivity contribution in [1.29, 1.82) is 0 Å². The molecule has 3 fully saturated rings. The minimum absolute atomic E-state index is 0.189. The summed E-state index contributed by atoms with van der Waals surface area (Å²) in [5, 5.41) is 27.7. The Bertz CT molecular complexity index is 2250. The van der Waals surface area contributed by atoms with Gasteiger partial charge in [-0.2, -0.15) is 4.98 Å². The number of anilines is 1. The molecule has 3 aliphatic rings. The van der Waals surface area contributed by atoms with E-state index >= 15 is 0 Å². The topological polar surface area (TPSA) is 155 Å². The van der Waals surface area contributed by atoms with Crippen molar-refractivity contribution < 1.29 is 19.7 Å². The lowest BCUT2D eigenvalue weighted by atomic mass is 9.93. The largest absolute Gasteiger partial charge is 0.393 e. The van der Waals surface area contributed by atoms with Crippen LogP contribution in [0.3, 0.4) is 0 Å². The third-order valence-electron chi connectivity index (χ3n) is 12.7. The van der Waals surface area contributed by atoms with Crippen LogP contribution in [-0.2, 0) is 29.5 Å². The summed E-state index contributed by atoms with van der Waals surface area (Å²) in [6, 6.07) is 14.9. The predicted octanol–water partition coefficient (Wildman–Crippen LogP) is 4.98. The highest BCUT2D eigenvalue weighted by molar-refractivity contribution is 5.94. The smallest absolute Gasteiger partial charge is 0.329 e. The van der Waals surface area contributed by atoms with E-state index in [1.54, 1.807) is 16.2 Å². The molecule has 59 heavy (non-hydrogen) atoms. The summed E-state index contributed by atoms with van der Waals surface area (Å²) in [6.07, 6.45) is 11.2. The fourth-order valence-corrected chi connectivity index (χ4v) is 9.15. The van der Waals surface area contributed by atoms with Crippen molar-refractivity contribution in [3.63, 3.8) is 0 Å². The summed E-state index contributed by atoms with van der Waals surface area (Å²) in [5.74, 6) is 0.484. The molecule has 5 heterocycles. The first-order valence-electron chi connectivity index (χ1n) is 21.8. The Morgan fingerprint density at radius 2 is 1.66 bits per heavy atom. The molecular weight excluding hydrogens is 747 g/mol. The summed E-state index contributed by atoms with van der Waals surface area (Å²) >= 11 is 0. The zero-order valence-corrected chi connectivity index (χ0v) is 34.7. The molecule has 2 atom stereocenters. The van der Waals surface area contributed by atoms with Crippen molar-refractivity contribution in [2.24, 2.45) is 7.05 Å². The number of aliphatic hydroxyl groups excluding tert-OH is 2. The van der Waals surface area contributed by atoms with E-state index in [1.807, 2.05) is 18.3 Å². The fourth-order valence-electron chi connectivity index (χ4n) is 9.15. The molecular formula is C45H61N9O5. The summed E-state index contributed by atoms with van der Waals surface area (Å²) in [7, 11) is 1.75. The van der Waals surface area contributed by atoms with Crippen LogP contribution >= 0.6 is 0 Å². The normalized spacial score (nSPS) is 22.0. The van der Waals surface area contributed by atoms with E-state index in [1.165, 1.54) is 11.1 Å². The molecule has 4 N–H and O–H groups in total. The Hall–Kier alpha value is -4.60. The summed E-state index contributed by atoms with van der Waals surface area (Å²) in [4.78, 5) is 39.5. The molecule has 8 rings (SSSR count). The lowest BCUT2D eigenvalue weighted by Crippen LogP contribution is -2.47.